The smallest absolute Gasteiger partial charge is 0.267 e. The van der Waals surface area contributed by atoms with Gasteiger partial charge < -0.3 is 10.5 Å². The highest BCUT2D eigenvalue weighted by Gasteiger charge is 2.09. The number of aromatic nitrogens is 2. The van der Waals surface area contributed by atoms with Crippen LogP contribution < -0.4 is 16.0 Å². The first-order valence-electron chi connectivity index (χ1n) is 6.65. The van der Waals surface area contributed by atoms with Crippen molar-refractivity contribution < 1.29 is 4.74 Å². The average molecular weight is 273 g/mol. The number of rotatable bonds is 5. The lowest BCUT2D eigenvalue weighted by Crippen LogP contribution is -2.22. The summed E-state index contributed by atoms with van der Waals surface area (Å²) < 4.78 is 7.01. The third kappa shape index (κ3) is 3.24. The van der Waals surface area contributed by atoms with E-state index in [1.54, 1.807) is 12.3 Å². The molecule has 0 fully saturated rings. The van der Waals surface area contributed by atoms with Crippen molar-refractivity contribution in [3.63, 3.8) is 0 Å². The molecule has 0 saturated carbocycles. The summed E-state index contributed by atoms with van der Waals surface area (Å²) >= 11 is 0. The minimum atomic E-state index is -0.138. The Bertz CT molecular complexity index is 635. The van der Waals surface area contributed by atoms with Crippen LogP contribution in [0.3, 0.4) is 0 Å². The number of hydrogen-bond acceptors (Lipinski definition) is 4. The summed E-state index contributed by atoms with van der Waals surface area (Å²) in [5.74, 6) is 0.759. The second-order valence-corrected chi connectivity index (χ2v) is 4.61. The molecule has 1 heterocycles. The summed E-state index contributed by atoms with van der Waals surface area (Å²) in [6.45, 7) is 4.79. The Labute approximate surface area is 118 Å². The molecule has 2 N–H and O–H groups in total. The zero-order valence-electron chi connectivity index (χ0n) is 11.7. The monoisotopic (exact) mass is 273 g/mol. The molecule has 2 rings (SSSR count). The quantitative estimate of drug-likeness (QED) is 0.900. The van der Waals surface area contributed by atoms with Gasteiger partial charge in [-0.3, -0.25) is 4.79 Å². The molecule has 0 radical (unpaired) electrons. The van der Waals surface area contributed by atoms with Crippen molar-refractivity contribution in [1.29, 1.82) is 0 Å². The fourth-order valence-electron chi connectivity index (χ4n) is 1.97. The average Bonchev–Trinajstić information content (AvgIpc) is 2.43. The van der Waals surface area contributed by atoms with Crippen molar-refractivity contribution in [3.05, 3.63) is 58.0 Å². The van der Waals surface area contributed by atoms with Crippen LogP contribution >= 0.6 is 0 Å². The van der Waals surface area contributed by atoms with Crippen LogP contribution in [0.2, 0.25) is 0 Å². The molecular formula is C15H19N3O2. The Hall–Kier alpha value is -2.14. The summed E-state index contributed by atoms with van der Waals surface area (Å²) in [6, 6.07) is 8.86. The lowest BCUT2D eigenvalue weighted by atomic mass is 10.0. The van der Waals surface area contributed by atoms with E-state index in [0.717, 1.165) is 16.9 Å². The van der Waals surface area contributed by atoms with E-state index in [4.69, 9.17) is 10.5 Å². The van der Waals surface area contributed by atoms with Crippen LogP contribution in [-0.2, 0) is 6.54 Å². The van der Waals surface area contributed by atoms with Crippen LogP contribution in [-0.4, -0.2) is 16.4 Å². The van der Waals surface area contributed by atoms with Crippen molar-refractivity contribution in [3.8, 4) is 5.75 Å². The summed E-state index contributed by atoms with van der Waals surface area (Å²) in [4.78, 5) is 11.7. The Morgan fingerprint density at radius 3 is 2.85 bits per heavy atom. The second kappa shape index (κ2) is 6.34. The Morgan fingerprint density at radius 2 is 2.20 bits per heavy atom. The lowest BCUT2D eigenvalue weighted by molar-refractivity contribution is 0.335. The summed E-state index contributed by atoms with van der Waals surface area (Å²) in [6.07, 6.45) is 1.59. The molecule has 20 heavy (non-hydrogen) atoms. The fourth-order valence-corrected chi connectivity index (χ4v) is 1.97. The third-order valence-corrected chi connectivity index (χ3v) is 3.02. The van der Waals surface area contributed by atoms with Gasteiger partial charge in [0, 0.05) is 23.9 Å². The molecule has 0 saturated heterocycles. The molecule has 1 unspecified atom stereocenters. The lowest BCUT2D eigenvalue weighted by Gasteiger charge is -2.14. The normalized spacial score (nSPS) is 12.2. The van der Waals surface area contributed by atoms with Crippen LogP contribution in [0.1, 0.15) is 31.0 Å². The van der Waals surface area contributed by atoms with Gasteiger partial charge in [0.2, 0.25) is 0 Å². The number of nitrogens with two attached hydrogens (primary N) is 1. The number of nitrogens with zero attached hydrogens (tertiary/aromatic N) is 2. The van der Waals surface area contributed by atoms with E-state index >= 15 is 0 Å². The second-order valence-electron chi connectivity index (χ2n) is 4.61. The largest absolute Gasteiger partial charge is 0.494 e. The minimum Gasteiger partial charge on any atom is -0.494 e. The summed E-state index contributed by atoms with van der Waals surface area (Å²) in [5.41, 5.74) is 7.68. The molecule has 0 aliphatic heterocycles. The SMILES string of the molecule is CCOc1ccc(C(C)N)cc1Cn1ncccc1=O. The van der Waals surface area contributed by atoms with E-state index in [1.165, 1.54) is 10.7 Å². The molecule has 106 valence electrons. The van der Waals surface area contributed by atoms with Gasteiger partial charge in [-0.1, -0.05) is 6.07 Å². The highest BCUT2D eigenvalue weighted by atomic mass is 16.5. The van der Waals surface area contributed by atoms with Crippen molar-refractivity contribution >= 4 is 0 Å². The first-order chi connectivity index (χ1) is 9.61. The Balaban J connectivity index is 2.39. The van der Waals surface area contributed by atoms with Gasteiger partial charge in [0.25, 0.3) is 5.56 Å². The van der Waals surface area contributed by atoms with E-state index < -0.39 is 0 Å². The van der Waals surface area contributed by atoms with Gasteiger partial charge in [-0.05, 0) is 37.6 Å². The van der Waals surface area contributed by atoms with Crippen LogP contribution in [0, 0.1) is 0 Å². The number of ether oxygens (including phenoxy) is 1. The highest BCUT2D eigenvalue weighted by Crippen LogP contribution is 2.23. The van der Waals surface area contributed by atoms with Crippen LogP contribution in [0.15, 0.2) is 41.3 Å². The topological polar surface area (TPSA) is 70.1 Å². The Morgan fingerprint density at radius 1 is 1.40 bits per heavy atom. The predicted molar refractivity (Wildman–Crippen MR) is 77.8 cm³/mol. The highest BCUT2D eigenvalue weighted by molar-refractivity contribution is 5.38. The van der Waals surface area contributed by atoms with Gasteiger partial charge in [-0.25, -0.2) is 4.68 Å². The molecule has 5 nitrogen and oxygen atoms in total. The zero-order chi connectivity index (χ0) is 14.5. The Kier molecular flexibility index (Phi) is 4.53. The molecular weight excluding hydrogens is 254 g/mol. The van der Waals surface area contributed by atoms with E-state index in [2.05, 4.69) is 5.10 Å². The molecule has 1 aromatic carbocycles. The van der Waals surface area contributed by atoms with Crippen LogP contribution in [0.5, 0.6) is 5.75 Å². The molecule has 0 amide bonds. The van der Waals surface area contributed by atoms with Gasteiger partial charge in [0.05, 0.1) is 13.2 Å². The molecule has 0 aliphatic rings. The first kappa shape index (κ1) is 14.3. The van der Waals surface area contributed by atoms with E-state index in [0.29, 0.717) is 13.2 Å². The molecule has 2 aromatic rings. The molecule has 1 aromatic heterocycles. The van der Waals surface area contributed by atoms with Gasteiger partial charge in [0.1, 0.15) is 5.75 Å². The van der Waals surface area contributed by atoms with Gasteiger partial charge >= 0.3 is 0 Å². The van der Waals surface area contributed by atoms with Crippen LogP contribution in [0.4, 0.5) is 0 Å². The number of hydrogen-bond donors (Lipinski definition) is 1. The van der Waals surface area contributed by atoms with Gasteiger partial charge in [-0.15, -0.1) is 0 Å². The number of benzene rings is 1. The third-order valence-electron chi connectivity index (χ3n) is 3.02. The van der Waals surface area contributed by atoms with E-state index in [9.17, 15) is 4.79 Å². The summed E-state index contributed by atoms with van der Waals surface area (Å²) in [7, 11) is 0. The van der Waals surface area contributed by atoms with Gasteiger partial charge in [-0.2, -0.15) is 5.10 Å². The zero-order valence-corrected chi connectivity index (χ0v) is 11.7. The maximum atomic E-state index is 11.7. The molecule has 0 spiro atoms. The standard InChI is InChI=1S/C15H19N3O2/c1-3-20-14-7-6-12(11(2)16)9-13(14)10-18-15(19)5-4-8-17-18/h4-9,11H,3,10,16H2,1-2H3. The van der Waals surface area contributed by atoms with Crippen molar-refractivity contribution in [2.45, 2.75) is 26.4 Å². The predicted octanol–water partition coefficient (Wildman–Crippen LogP) is 1.71. The maximum Gasteiger partial charge on any atom is 0.267 e. The van der Waals surface area contributed by atoms with Gasteiger partial charge in [0.15, 0.2) is 0 Å². The molecule has 0 aliphatic carbocycles. The van der Waals surface area contributed by atoms with Crippen LogP contribution in [0.25, 0.3) is 0 Å². The fraction of sp³-hybridized carbons (Fsp3) is 0.333. The van der Waals surface area contributed by atoms with Crippen molar-refractivity contribution in [2.75, 3.05) is 6.61 Å². The van der Waals surface area contributed by atoms with Crippen molar-refractivity contribution in [1.82, 2.24) is 9.78 Å². The minimum absolute atomic E-state index is 0.0649. The molecule has 0 bridgehead atoms. The first-order valence-corrected chi connectivity index (χ1v) is 6.65. The maximum absolute atomic E-state index is 11.7. The van der Waals surface area contributed by atoms with E-state index in [1.807, 2.05) is 32.0 Å². The molecule has 1 atom stereocenters. The van der Waals surface area contributed by atoms with E-state index in [-0.39, 0.29) is 11.6 Å². The molecule has 5 heteroatoms. The summed E-state index contributed by atoms with van der Waals surface area (Å²) in [5, 5.41) is 4.07. The van der Waals surface area contributed by atoms with Crippen molar-refractivity contribution in [2.24, 2.45) is 5.73 Å².